The number of hydrogen-bond acceptors (Lipinski definition) is 4. The molecule has 6 heteroatoms. The molecule has 0 radical (unpaired) electrons. The molecule has 1 heterocycles. The Labute approximate surface area is 103 Å². The molecule has 2 rings (SSSR count). The molecule has 1 amide bonds. The van der Waals surface area contributed by atoms with E-state index in [1.165, 1.54) is 11.3 Å². The van der Waals surface area contributed by atoms with Crippen molar-refractivity contribution in [2.24, 2.45) is 5.92 Å². The van der Waals surface area contributed by atoms with Gasteiger partial charge in [-0.2, -0.15) is 0 Å². The van der Waals surface area contributed by atoms with Crippen LogP contribution in [-0.4, -0.2) is 28.0 Å². The lowest BCUT2D eigenvalue weighted by molar-refractivity contribution is -0.137. The SMILES string of the molecule is Cc1nc(C(=O)NC(CC(=O)O)C2CC2)cs1. The topological polar surface area (TPSA) is 79.3 Å². The van der Waals surface area contributed by atoms with E-state index in [4.69, 9.17) is 5.11 Å². The summed E-state index contributed by atoms with van der Waals surface area (Å²) in [5, 5.41) is 14.1. The summed E-state index contributed by atoms with van der Waals surface area (Å²) in [6.07, 6.45) is 1.97. The Morgan fingerprint density at radius 1 is 1.65 bits per heavy atom. The Morgan fingerprint density at radius 3 is 2.82 bits per heavy atom. The number of aromatic nitrogens is 1. The van der Waals surface area contributed by atoms with E-state index < -0.39 is 5.97 Å². The van der Waals surface area contributed by atoms with E-state index in [1.807, 2.05) is 6.92 Å². The summed E-state index contributed by atoms with van der Waals surface area (Å²) in [5.74, 6) is -0.834. The van der Waals surface area contributed by atoms with E-state index in [0.29, 0.717) is 11.6 Å². The van der Waals surface area contributed by atoms with Crippen LogP contribution in [0, 0.1) is 12.8 Å². The van der Waals surface area contributed by atoms with Gasteiger partial charge in [0.25, 0.3) is 5.91 Å². The molecule has 0 saturated heterocycles. The van der Waals surface area contributed by atoms with Gasteiger partial charge in [-0.3, -0.25) is 9.59 Å². The summed E-state index contributed by atoms with van der Waals surface area (Å²) in [6.45, 7) is 1.83. The van der Waals surface area contributed by atoms with Crippen molar-refractivity contribution in [3.8, 4) is 0 Å². The second-order valence-corrected chi connectivity index (χ2v) is 5.33. The van der Waals surface area contributed by atoms with E-state index >= 15 is 0 Å². The molecule has 0 aromatic carbocycles. The van der Waals surface area contributed by atoms with Crippen LogP contribution in [0.15, 0.2) is 5.38 Å². The predicted molar refractivity (Wildman–Crippen MR) is 63.1 cm³/mol. The molecule has 2 N–H and O–H groups in total. The average molecular weight is 254 g/mol. The minimum absolute atomic E-state index is 0.0144. The van der Waals surface area contributed by atoms with Gasteiger partial charge < -0.3 is 10.4 Å². The Morgan fingerprint density at radius 2 is 2.35 bits per heavy atom. The monoisotopic (exact) mass is 254 g/mol. The quantitative estimate of drug-likeness (QED) is 0.833. The highest BCUT2D eigenvalue weighted by Crippen LogP contribution is 2.34. The highest BCUT2D eigenvalue weighted by atomic mass is 32.1. The van der Waals surface area contributed by atoms with Crippen LogP contribution in [0.4, 0.5) is 0 Å². The lowest BCUT2D eigenvalue weighted by Gasteiger charge is -2.15. The number of carbonyl (C=O) groups excluding carboxylic acids is 1. The van der Waals surface area contributed by atoms with Gasteiger partial charge >= 0.3 is 5.97 Å². The van der Waals surface area contributed by atoms with Crippen molar-refractivity contribution in [1.82, 2.24) is 10.3 Å². The van der Waals surface area contributed by atoms with Gasteiger partial charge in [0, 0.05) is 11.4 Å². The van der Waals surface area contributed by atoms with Crippen LogP contribution in [0.25, 0.3) is 0 Å². The van der Waals surface area contributed by atoms with Crippen LogP contribution in [0.5, 0.6) is 0 Å². The zero-order chi connectivity index (χ0) is 12.4. The fourth-order valence-electron chi connectivity index (χ4n) is 1.73. The van der Waals surface area contributed by atoms with Crippen molar-refractivity contribution in [3.05, 3.63) is 16.1 Å². The number of carboxylic acid groups (broad SMARTS) is 1. The molecule has 17 heavy (non-hydrogen) atoms. The standard InChI is InChI=1S/C11H14N2O3S/c1-6-12-9(5-17-6)11(16)13-8(4-10(14)15)7-2-3-7/h5,7-8H,2-4H2,1H3,(H,13,16)(H,14,15). The van der Waals surface area contributed by atoms with E-state index in [9.17, 15) is 9.59 Å². The fourth-order valence-corrected chi connectivity index (χ4v) is 2.33. The molecule has 1 atom stereocenters. The molecule has 1 aliphatic carbocycles. The number of thiazole rings is 1. The summed E-state index contributed by atoms with van der Waals surface area (Å²) >= 11 is 1.41. The zero-order valence-corrected chi connectivity index (χ0v) is 10.3. The molecule has 1 fully saturated rings. The molecule has 0 bridgehead atoms. The third-order valence-electron chi connectivity index (χ3n) is 2.75. The van der Waals surface area contributed by atoms with Crippen LogP contribution in [0.1, 0.15) is 34.8 Å². The molecule has 1 unspecified atom stereocenters. The first-order valence-corrected chi connectivity index (χ1v) is 6.39. The number of nitrogens with one attached hydrogen (secondary N) is 1. The number of carboxylic acids is 1. The Hall–Kier alpha value is -1.43. The molecular weight excluding hydrogens is 240 g/mol. The molecule has 92 valence electrons. The van der Waals surface area contributed by atoms with Crippen molar-refractivity contribution in [2.75, 3.05) is 0 Å². The summed E-state index contributed by atoms with van der Waals surface area (Å²) in [4.78, 5) is 26.6. The number of hydrogen-bond donors (Lipinski definition) is 2. The number of rotatable bonds is 5. The molecule has 5 nitrogen and oxygen atoms in total. The predicted octanol–water partition coefficient (Wildman–Crippen LogP) is 1.43. The third-order valence-corrected chi connectivity index (χ3v) is 3.53. The van der Waals surface area contributed by atoms with Crippen LogP contribution >= 0.6 is 11.3 Å². The largest absolute Gasteiger partial charge is 0.481 e. The van der Waals surface area contributed by atoms with Gasteiger partial charge in [0.1, 0.15) is 5.69 Å². The van der Waals surface area contributed by atoms with Crippen molar-refractivity contribution in [3.63, 3.8) is 0 Å². The summed E-state index contributed by atoms with van der Waals surface area (Å²) < 4.78 is 0. The van der Waals surface area contributed by atoms with Crippen molar-refractivity contribution in [2.45, 2.75) is 32.2 Å². The first kappa shape index (κ1) is 12.0. The van der Waals surface area contributed by atoms with E-state index in [2.05, 4.69) is 10.3 Å². The van der Waals surface area contributed by atoms with Crippen LogP contribution in [0.2, 0.25) is 0 Å². The average Bonchev–Trinajstić information content (AvgIpc) is 2.99. The first-order chi connectivity index (χ1) is 8.06. The lowest BCUT2D eigenvalue weighted by Crippen LogP contribution is -2.38. The smallest absolute Gasteiger partial charge is 0.305 e. The third kappa shape index (κ3) is 3.26. The number of nitrogens with zero attached hydrogens (tertiary/aromatic N) is 1. The summed E-state index contributed by atoms with van der Waals surface area (Å²) in [5.41, 5.74) is 0.378. The van der Waals surface area contributed by atoms with Crippen LogP contribution in [-0.2, 0) is 4.79 Å². The molecule has 1 aromatic rings. The maximum Gasteiger partial charge on any atom is 0.305 e. The first-order valence-electron chi connectivity index (χ1n) is 5.51. The number of aryl methyl sites for hydroxylation is 1. The number of amides is 1. The fraction of sp³-hybridized carbons (Fsp3) is 0.545. The van der Waals surface area contributed by atoms with Crippen molar-refractivity contribution in [1.29, 1.82) is 0 Å². The number of aliphatic carboxylic acids is 1. The van der Waals surface area contributed by atoms with Crippen LogP contribution in [0.3, 0.4) is 0 Å². The Balaban J connectivity index is 1.97. The maximum atomic E-state index is 11.8. The molecular formula is C11H14N2O3S. The van der Waals surface area contributed by atoms with Gasteiger partial charge in [0.05, 0.1) is 11.4 Å². The molecule has 1 saturated carbocycles. The van der Waals surface area contributed by atoms with Gasteiger partial charge in [-0.05, 0) is 25.7 Å². The molecule has 1 aromatic heterocycles. The second kappa shape index (κ2) is 4.83. The molecule has 1 aliphatic rings. The summed E-state index contributed by atoms with van der Waals surface area (Å²) in [6, 6.07) is -0.262. The number of carbonyl (C=O) groups is 2. The van der Waals surface area contributed by atoms with E-state index in [-0.39, 0.29) is 18.4 Å². The Kier molecular flexibility index (Phi) is 3.42. The minimum Gasteiger partial charge on any atom is -0.481 e. The van der Waals surface area contributed by atoms with E-state index in [0.717, 1.165) is 17.8 Å². The second-order valence-electron chi connectivity index (χ2n) is 4.27. The van der Waals surface area contributed by atoms with Crippen molar-refractivity contribution >= 4 is 23.2 Å². The maximum absolute atomic E-state index is 11.8. The van der Waals surface area contributed by atoms with Gasteiger partial charge in [0.2, 0.25) is 0 Å². The van der Waals surface area contributed by atoms with Crippen LogP contribution < -0.4 is 5.32 Å². The Bertz CT molecular complexity index is 440. The highest BCUT2D eigenvalue weighted by molar-refractivity contribution is 7.09. The minimum atomic E-state index is -0.878. The van der Waals surface area contributed by atoms with Crippen molar-refractivity contribution < 1.29 is 14.7 Å². The van der Waals surface area contributed by atoms with Gasteiger partial charge in [0.15, 0.2) is 0 Å². The lowest BCUT2D eigenvalue weighted by atomic mass is 10.1. The van der Waals surface area contributed by atoms with Gasteiger partial charge in [-0.1, -0.05) is 0 Å². The molecule has 0 spiro atoms. The summed E-state index contributed by atoms with van der Waals surface area (Å²) in [7, 11) is 0. The van der Waals surface area contributed by atoms with Gasteiger partial charge in [-0.25, -0.2) is 4.98 Å². The normalized spacial score (nSPS) is 16.5. The zero-order valence-electron chi connectivity index (χ0n) is 9.47. The van der Waals surface area contributed by atoms with Gasteiger partial charge in [-0.15, -0.1) is 11.3 Å². The van der Waals surface area contributed by atoms with E-state index in [1.54, 1.807) is 5.38 Å². The molecule has 0 aliphatic heterocycles. The highest BCUT2D eigenvalue weighted by Gasteiger charge is 2.34.